The average Bonchev–Trinajstić information content (AvgIpc) is 2.51. The van der Waals surface area contributed by atoms with Gasteiger partial charge in [-0.1, -0.05) is 18.2 Å². The fraction of sp³-hybridized carbons (Fsp3) is 0.533. The van der Waals surface area contributed by atoms with Gasteiger partial charge in [-0.3, -0.25) is 4.79 Å². The Labute approximate surface area is 130 Å². The maximum absolute atomic E-state index is 12.4. The van der Waals surface area contributed by atoms with Gasteiger partial charge >= 0.3 is 0 Å². The van der Waals surface area contributed by atoms with E-state index in [1.54, 1.807) is 23.8 Å². The summed E-state index contributed by atoms with van der Waals surface area (Å²) in [4.78, 5) is 14.0. The van der Waals surface area contributed by atoms with Crippen molar-refractivity contribution in [1.82, 2.24) is 4.90 Å². The molecule has 1 atom stereocenters. The van der Waals surface area contributed by atoms with Crippen molar-refractivity contribution in [2.45, 2.75) is 19.0 Å². The Kier molecular flexibility index (Phi) is 8.19. The first kappa shape index (κ1) is 17.8. The van der Waals surface area contributed by atoms with Gasteiger partial charge in [0.15, 0.2) is 0 Å². The molecule has 21 heavy (non-hydrogen) atoms. The summed E-state index contributed by atoms with van der Waals surface area (Å²) in [6.07, 6.45) is 2.62. The molecular weight excluding hydrogens is 288 g/mol. The van der Waals surface area contributed by atoms with Crippen molar-refractivity contribution in [3.05, 3.63) is 29.8 Å². The van der Waals surface area contributed by atoms with Crippen LogP contribution in [0.1, 0.15) is 12.0 Å². The van der Waals surface area contributed by atoms with E-state index < -0.39 is 6.04 Å². The van der Waals surface area contributed by atoms with Crippen molar-refractivity contribution in [3.8, 4) is 5.75 Å². The average molecular weight is 312 g/mol. The number of benzene rings is 1. The van der Waals surface area contributed by atoms with Gasteiger partial charge in [-0.15, -0.1) is 0 Å². The van der Waals surface area contributed by atoms with Crippen LogP contribution in [0.2, 0.25) is 0 Å². The molecule has 0 unspecified atom stereocenters. The second-order valence-electron chi connectivity index (χ2n) is 4.68. The predicted octanol–water partition coefficient (Wildman–Crippen LogP) is 1.10. The Morgan fingerprint density at radius 3 is 2.81 bits per heavy atom. The number of aliphatic hydroxyl groups is 1. The molecule has 0 bridgehead atoms. The van der Waals surface area contributed by atoms with E-state index in [0.717, 1.165) is 17.1 Å². The first-order valence-corrected chi connectivity index (χ1v) is 8.29. The minimum atomic E-state index is -0.529. The van der Waals surface area contributed by atoms with Crippen LogP contribution in [0.15, 0.2) is 24.3 Å². The number of methoxy groups -OCH3 is 1. The number of carbonyl (C=O) groups is 1. The number of amides is 1. The first-order chi connectivity index (χ1) is 10.1. The molecule has 0 aliphatic rings. The zero-order chi connectivity index (χ0) is 15.7. The molecule has 6 heteroatoms. The Balaban J connectivity index is 2.79. The van der Waals surface area contributed by atoms with Crippen LogP contribution in [-0.2, 0) is 11.3 Å². The van der Waals surface area contributed by atoms with Crippen LogP contribution < -0.4 is 10.5 Å². The molecule has 0 radical (unpaired) electrons. The monoisotopic (exact) mass is 312 g/mol. The molecule has 1 amide bonds. The third kappa shape index (κ3) is 5.57. The van der Waals surface area contributed by atoms with Crippen LogP contribution >= 0.6 is 11.8 Å². The number of aliphatic hydroxyl groups excluding tert-OH is 1. The van der Waals surface area contributed by atoms with E-state index in [-0.39, 0.29) is 19.1 Å². The highest BCUT2D eigenvalue weighted by atomic mass is 32.2. The minimum Gasteiger partial charge on any atom is -0.496 e. The molecule has 0 spiro atoms. The number of hydrogen-bond acceptors (Lipinski definition) is 5. The number of nitrogens with zero attached hydrogens (tertiary/aromatic N) is 1. The summed E-state index contributed by atoms with van der Waals surface area (Å²) in [5.74, 6) is 1.43. The molecule has 0 saturated heterocycles. The fourth-order valence-electron chi connectivity index (χ4n) is 2.03. The third-order valence-electron chi connectivity index (χ3n) is 3.19. The summed E-state index contributed by atoms with van der Waals surface area (Å²) in [7, 11) is 1.60. The van der Waals surface area contributed by atoms with Gasteiger partial charge in [0.2, 0.25) is 5.91 Å². The van der Waals surface area contributed by atoms with Crippen molar-refractivity contribution in [1.29, 1.82) is 0 Å². The highest BCUT2D eigenvalue weighted by Gasteiger charge is 2.21. The Hall–Kier alpha value is -1.24. The van der Waals surface area contributed by atoms with E-state index in [2.05, 4.69) is 0 Å². The van der Waals surface area contributed by atoms with E-state index in [1.807, 2.05) is 30.5 Å². The van der Waals surface area contributed by atoms with Crippen LogP contribution in [0, 0.1) is 0 Å². The Morgan fingerprint density at radius 1 is 1.48 bits per heavy atom. The van der Waals surface area contributed by atoms with Gasteiger partial charge in [-0.25, -0.2) is 0 Å². The number of carbonyl (C=O) groups excluding carboxylic acids is 1. The fourth-order valence-corrected chi connectivity index (χ4v) is 2.52. The molecule has 1 aromatic rings. The van der Waals surface area contributed by atoms with Gasteiger partial charge in [0.25, 0.3) is 0 Å². The normalized spacial score (nSPS) is 12.0. The van der Waals surface area contributed by atoms with E-state index in [9.17, 15) is 9.90 Å². The molecule has 0 heterocycles. The molecule has 0 aliphatic carbocycles. The summed E-state index contributed by atoms with van der Waals surface area (Å²) in [5, 5.41) is 9.18. The smallest absolute Gasteiger partial charge is 0.239 e. The summed E-state index contributed by atoms with van der Waals surface area (Å²) >= 11 is 1.66. The second kappa shape index (κ2) is 9.65. The van der Waals surface area contributed by atoms with Crippen molar-refractivity contribution in [3.63, 3.8) is 0 Å². The summed E-state index contributed by atoms with van der Waals surface area (Å²) < 4.78 is 5.29. The van der Waals surface area contributed by atoms with Crippen LogP contribution in [0.3, 0.4) is 0 Å². The minimum absolute atomic E-state index is 0.0872. The Bertz CT molecular complexity index is 443. The van der Waals surface area contributed by atoms with E-state index in [0.29, 0.717) is 13.0 Å². The van der Waals surface area contributed by atoms with Crippen molar-refractivity contribution < 1.29 is 14.6 Å². The van der Waals surface area contributed by atoms with Crippen LogP contribution in [-0.4, -0.2) is 54.2 Å². The largest absolute Gasteiger partial charge is 0.496 e. The molecule has 0 aromatic heterocycles. The van der Waals surface area contributed by atoms with Gasteiger partial charge in [-0.05, 0) is 24.5 Å². The lowest BCUT2D eigenvalue weighted by Gasteiger charge is -2.25. The lowest BCUT2D eigenvalue weighted by Crippen LogP contribution is -2.44. The van der Waals surface area contributed by atoms with Gasteiger partial charge in [0, 0.05) is 18.7 Å². The standard InChI is InChI=1S/C15H24N2O3S/c1-20-14-6-4-3-5-12(14)11-17(8-9-18)15(19)13(16)7-10-21-2/h3-6,13,18H,7-11,16H2,1-2H3/t13-/m0/s1. The molecule has 0 aliphatic heterocycles. The number of para-hydroxylation sites is 1. The zero-order valence-electron chi connectivity index (χ0n) is 12.6. The highest BCUT2D eigenvalue weighted by molar-refractivity contribution is 7.98. The van der Waals surface area contributed by atoms with Gasteiger partial charge in [0.1, 0.15) is 5.75 Å². The van der Waals surface area contributed by atoms with E-state index in [1.165, 1.54) is 0 Å². The first-order valence-electron chi connectivity index (χ1n) is 6.90. The number of ether oxygens (including phenoxy) is 1. The maximum Gasteiger partial charge on any atom is 0.239 e. The van der Waals surface area contributed by atoms with E-state index >= 15 is 0 Å². The number of rotatable bonds is 9. The summed E-state index contributed by atoms with van der Waals surface area (Å²) in [5.41, 5.74) is 6.84. The topological polar surface area (TPSA) is 75.8 Å². The maximum atomic E-state index is 12.4. The van der Waals surface area contributed by atoms with Crippen LogP contribution in [0.4, 0.5) is 0 Å². The predicted molar refractivity (Wildman–Crippen MR) is 86.5 cm³/mol. The molecule has 1 aromatic carbocycles. The van der Waals surface area contributed by atoms with Crippen molar-refractivity contribution in [2.75, 3.05) is 32.3 Å². The van der Waals surface area contributed by atoms with Gasteiger partial charge in [-0.2, -0.15) is 11.8 Å². The number of thioether (sulfide) groups is 1. The molecule has 118 valence electrons. The highest BCUT2D eigenvalue weighted by Crippen LogP contribution is 2.19. The molecule has 5 nitrogen and oxygen atoms in total. The molecule has 1 rings (SSSR count). The SMILES string of the molecule is COc1ccccc1CN(CCO)C(=O)[C@@H](N)CCSC. The van der Waals surface area contributed by atoms with Gasteiger partial charge in [0.05, 0.1) is 19.8 Å². The van der Waals surface area contributed by atoms with Crippen molar-refractivity contribution >= 4 is 17.7 Å². The third-order valence-corrected chi connectivity index (χ3v) is 3.83. The summed E-state index contributed by atoms with van der Waals surface area (Å²) in [6, 6.07) is 7.01. The van der Waals surface area contributed by atoms with Gasteiger partial charge < -0.3 is 20.5 Å². The molecule has 0 saturated carbocycles. The molecular formula is C15H24N2O3S. The zero-order valence-corrected chi connectivity index (χ0v) is 13.4. The van der Waals surface area contributed by atoms with Crippen LogP contribution in [0.5, 0.6) is 5.75 Å². The van der Waals surface area contributed by atoms with Crippen molar-refractivity contribution in [2.24, 2.45) is 5.73 Å². The quantitative estimate of drug-likeness (QED) is 0.714. The molecule has 3 N–H and O–H groups in total. The van der Waals surface area contributed by atoms with Crippen LogP contribution in [0.25, 0.3) is 0 Å². The number of hydrogen-bond donors (Lipinski definition) is 2. The van der Waals surface area contributed by atoms with E-state index in [4.69, 9.17) is 10.5 Å². The Morgan fingerprint density at radius 2 is 2.19 bits per heavy atom. The lowest BCUT2D eigenvalue weighted by molar-refractivity contribution is -0.133. The molecule has 0 fully saturated rings. The lowest BCUT2D eigenvalue weighted by atomic mass is 10.1. The second-order valence-corrected chi connectivity index (χ2v) is 5.67. The number of nitrogens with two attached hydrogens (primary N) is 1. The summed E-state index contributed by atoms with van der Waals surface area (Å²) in [6.45, 7) is 0.566.